The van der Waals surface area contributed by atoms with Crippen LogP contribution in [-0.2, 0) is 0 Å². The van der Waals surface area contributed by atoms with Crippen molar-refractivity contribution in [2.24, 2.45) is 10.2 Å². The van der Waals surface area contributed by atoms with E-state index in [-0.39, 0.29) is 0 Å². The van der Waals surface area contributed by atoms with E-state index in [2.05, 4.69) is 20.2 Å². The maximum atomic E-state index is 4.22. The molecule has 3 aromatic rings. The van der Waals surface area contributed by atoms with Gasteiger partial charge >= 0.3 is 0 Å². The molecular formula is C13H10N4. The summed E-state index contributed by atoms with van der Waals surface area (Å²) in [6.07, 6.45) is 3.56. The second kappa shape index (κ2) is 4.17. The highest BCUT2D eigenvalue weighted by Gasteiger charge is 2.01. The number of rotatable bonds is 2. The van der Waals surface area contributed by atoms with Crippen LogP contribution in [0, 0.1) is 0 Å². The van der Waals surface area contributed by atoms with Crippen LogP contribution in [0.5, 0.6) is 0 Å². The second-order valence-corrected chi connectivity index (χ2v) is 3.61. The van der Waals surface area contributed by atoms with Gasteiger partial charge in [0.15, 0.2) is 0 Å². The molecule has 3 rings (SSSR count). The van der Waals surface area contributed by atoms with Gasteiger partial charge in [-0.15, -0.1) is 5.11 Å². The molecule has 1 N–H and O–H groups in total. The fourth-order valence-corrected chi connectivity index (χ4v) is 1.63. The molecule has 0 spiro atoms. The Bertz CT molecular complexity index is 655. The molecule has 82 valence electrons. The van der Waals surface area contributed by atoms with Gasteiger partial charge in [0.25, 0.3) is 0 Å². The number of fused-ring (bicyclic) bond motifs is 1. The molecule has 1 aromatic carbocycles. The summed E-state index contributed by atoms with van der Waals surface area (Å²) in [5.41, 5.74) is 2.47. The van der Waals surface area contributed by atoms with Gasteiger partial charge < -0.3 is 4.98 Å². The van der Waals surface area contributed by atoms with Gasteiger partial charge in [0.2, 0.25) is 0 Å². The lowest BCUT2D eigenvalue weighted by Gasteiger charge is -1.90. The fraction of sp³-hybridized carbons (Fsp3) is 0. The minimum atomic E-state index is 0.803. The summed E-state index contributed by atoms with van der Waals surface area (Å²) in [4.78, 5) is 7.26. The van der Waals surface area contributed by atoms with Gasteiger partial charge in [0.1, 0.15) is 11.3 Å². The third-order valence-electron chi connectivity index (χ3n) is 2.46. The number of aromatic amines is 1. The monoisotopic (exact) mass is 222 g/mol. The Morgan fingerprint density at radius 3 is 2.71 bits per heavy atom. The minimum Gasteiger partial charge on any atom is -0.344 e. The Morgan fingerprint density at radius 2 is 1.82 bits per heavy atom. The van der Waals surface area contributed by atoms with Gasteiger partial charge in [-0.3, -0.25) is 0 Å². The van der Waals surface area contributed by atoms with Crippen molar-refractivity contribution in [3.63, 3.8) is 0 Å². The molecule has 0 aliphatic rings. The molecule has 4 nitrogen and oxygen atoms in total. The minimum absolute atomic E-state index is 0.803. The molecule has 0 bridgehead atoms. The van der Waals surface area contributed by atoms with Crippen LogP contribution in [-0.4, -0.2) is 9.97 Å². The van der Waals surface area contributed by atoms with Crippen LogP contribution in [0.3, 0.4) is 0 Å². The summed E-state index contributed by atoms with van der Waals surface area (Å²) in [5, 5.41) is 9.37. The van der Waals surface area contributed by atoms with E-state index in [4.69, 9.17) is 0 Å². The molecule has 0 atom stereocenters. The van der Waals surface area contributed by atoms with Crippen molar-refractivity contribution in [1.29, 1.82) is 0 Å². The van der Waals surface area contributed by atoms with Crippen molar-refractivity contribution in [3.8, 4) is 0 Å². The average Bonchev–Trinajstić information content (AvgIpc) is 2.81. The Labute approximate surface area is 98.0 Å². The van der Waals surface area contributed by atoms with Crippen LogP contribution >= 0.6 is 0 Å². The second-order valence-electron chi connectivity index (χ2n) is 3.61. The molecule has 0 saturated carbocycles. The van der Waals surface area contributed by atoms with Crippen LogP contribution in [0.15, 0.2) is 65.1 Å². The molecule has 0 amide bonds. The lowest BCUT2D eigenvalue weighted by Crippen LogP contribution is -1.71. The van der Waals surface area contributed by atoms with E-state index in [9.17, 15) is 0 Å². The summed E-state index contributed by atoms with van der Waals surface area (Å²) in [5.74, 6) is 0. The Morgan fingerprint density at radius 1 is 0.941 bits per heavy atom. The van der Waals surface area contributed by atoms with Crippen LogP contribution in [0.2, 0.25) is 0 Å². The quantitative estimate of drug-likeness (QED) is 0.655. The standard InChI is InChI=1S/C13H10N4/c1-2-5-10(6-3-1)16-17-12-9-15-13-11(12)7-4-8-14-13/h1-9H,(H,14,15). The number of benzene rings is 1. The highest BCUT2D eigenvalue weighted by atomic mass is 15.1. The number of H-pyrrole nitrogens is 1. The number of hydrogen-bond acceptors (Lipinski definition) is 3. The van der Waals surface area contributed by atoms with E-state index in [0.29, 0.717) is 0 Å². The third kappa shape index (κ3) is 1.92. The Kier molecular flexibility index (Phi) is 2.38. The zero-order valence-corrected chi connectivity index (χ0v) is 9.04. The van der Waals surface area contributed by atoms with E-state index in [1.165, 1.54) is 0 Å². The molecular weight excluding hydrogens is 212 g/mol. The lowest BCUT2D eigenvalue weighted by atomic mass is 10.3. The molecule has 0 unspecified atom stereocenters. The molecule has 2 heterocycles. The maximum Gasteiger partial charge on any atom is 0.139 e. The van der Waals surface area contributed by atoms with Gasteiger partial charge in [-0.25, -0.2) is 4.98 Å². The Hall–Kier alpha value is -2.49. The first kappa shape index (κ1) is 9.72. The molecule has 4 heteroatoms. The molecule has 0 fully saturated rings. The molecule has 0 aliphatic heterocycles. The Balaban J connectivity index is 1.98. The smallest absolute Gasteiger partial charge is 0.139 e. The number of aromatic nitrogens is 2. The van der Waals surface area contributed by atoms with Crippen molar-refractivity contribution in [2.45, 2.75) is 0 Å². The van der Waals surface area contributed by atoms with Gasteiger partial charge in [-0.1, -0.05) is 18.2 Å². The average molecular weight is 222 g/mol. The zero-order chi connectivity index (χ0) is 11.5. The number of nitrogens with zero attached hydrogens (tertiary/aromatic N) is 3. The first-order valence-corrected chi connectivity index (χ1v) is 5.32. The van der Waals surface area contributed by atoms with Crippen molar-refractivity contribution < 1.29 is 0 Å². The lowest BCUT2D eigenvalue weighted by molar-refractivity contribution is 1.24. The summed E-state index contributed by atoms with van der Waals surface area (Å²) in [7, 11) is 0. The summed E-state index contributed by atoms with van der Waals surface area (Å²) >= 11 is 0. The molecule has 0 aliphatic carbocycles. The van der Waals surface area contributed by atoms with E-state index >= 15 is 0 Å². The first-order chi connectivity index (χ1) is 8.43. The van der Waals surface area contributed by atoms with Gasteiger partial charge in [-0.2, -0.15) is 5.11 Å². The maximum absolute atomic E-state index is 4.22. The van der Waals surface area contributed by atoms with Crippen LogP contribution in [0.1, 0.15) is 0 Å². The number of pyridine rings is 1. The molecule has 17 heavy (non-hydrogen) atoms. The largest absolute Gasteiger partial charge is 0.344 e. The fourth-order valence-electron chi connectivity index (χ4n) is 1.63. The predicted octanol–water partition coefficient (Wildman–Crippen LogP) is 3.98. The number of hydrogen-bond donors (Lipinski definition) is 1. The number of nitrogens with one attached hydrogen (secondary N) is 1. The van der Waals surface area contributed by atoms with Crippen molar-refractivity contribution in [1.82, 2.24) is 9.97 Å². The normalized spacial score (nSPS) is 11.3. The molecule has 0 saturated heterocycles. The zero-order valence-electron chi connectivity index (χ0n) is 9.04. The van der Waals surface area contributed by atoms with E-state index in [1.807, 2.05) is 48.7 Å². The summed E-state index contributed by atoms with van der Waals surface area (Å²) in [6.45, 7) is 0. The van der Waals surface area contributed by atoms with Gasteiger partial charge in [0, 0.05) is 17.8 Å². The van der Waals surface area contributed by atoms with E-state index < -0.39 is 0 Å². The van der Waals surface area contributed by atoms with Crippen molar-refractivity contribution in [3.05, 3.63) is 54.9 Å². The van der Waals surface area contributed by atoms with E-state index in [1.54, 1.807) is 6.20 Å². The van der Waals surface area contributed by atoms with Crippen molar-refractivity contribution in [2.75, 3.05) is 0 Å². The highest BCUT2D eigenvalue weighted by Crippen LogP contribution is 2.25. The van der Waals surface area contributed by atoms with Crippen LogP contribution < -0.4 is 0 Å². The van der Waals surface area contributed by atoms with Gasteiger partial charge in [-0.05, 0) is 24.3 Å². The molecule has 2 aromatic heterocycles. The van der Waals surface area contributed by atoms with Crippen molar-refractivity contribution >= 4 is 22.4 Å². The predicted molar refractivity (Wildman–Crippen MR) is 66.7 cm³/mol. The summed E-state index contributed by atoms with van der Waals surface area (Å²) < 4.78 is 0. The van der Waals surface area contributed by atoms with Gasteiger partial charge in [0.05, 0.1) is 5.69 Å². The third-order valence-corrected chi connectivity index (χ3v) is 2.46. The first-order valence-electron chi connectivity index (χ1n) is 5.32. The summed E-state index contributed by atoms with van der Waals surface area (Å²) in [6, 6.07) is 13.5. The van der Waals surface area contributed by atoms with Crippen LogP contribution in [0.4, 0.5) is 11.4 Å². The molecule has 0 radical (unpaired) electrons. The van der Waals surface area contributed by atoms with E-state index in [0.717, 1.165) is 22.4 Å². The topological polar surface area (TPSA) is 53.4 Å². The SMILES string of the molecule is c1ccc(N=Nc2c[nH]c3ncccc23)cc1. The highest BCUT2D eigenvalue weighted by molar-refractivity contribution is 5.87. The number of azo groups is 1. The van der Waals surface area contributed by atoms with Crippen LogP contribution in [0.25, 0.3) is 11.0 Å².